The van der Waals surface area contributed by atoms with Crippen LogP contribution in [0.2, 0.25) is 0 Å². The van der Waals surface area contributed by atoms with Crippen molar-refractivity contribution in [2.45, 2.75) is 38.9 Å². The third-order valence-corrected chi connectivity index (χ3v) is 6.01. The molecule has 4 heteroatoms. The molecule has 1 saturated heterocycles. The van der Waals surface area contributed by atoms with Crippen LogP contribution in [0, 0.1) is 0 Å². The van der Waals surface area contributed by atoms with Crippen LogP contribution in [-0.2, 0) is 24.8 Å². The summed E-state index contributed by atoms with van der Waals surface area (Å²) in [6.07, 6.45) is 3.59. The van der Waals surface area contributed by atoms with Gasteiger partial charge in [0.15, 0.2) is 0 Å². The van der Waals surface area contributed by atoms with Crippen molar-refractivity contribution in [2.75, 3.05) is 18.0 Å². The zero-order chi connectivity index (χ0) is 19.7. The monoisotopic (exact) mass is 375 g/mol. The van der Waals surface area contributed by atoms with E-state index in [9.17, 15) is 4.79 Å². The molecule has 1 fully saturated rings. The molecule has 0 spiro atoms. The lowest BCUT2D eigenvalue weighted by Crippen LogP contribution is -2.56. The molecule has 2 atom stereocenters. The Hall–Kier alpha value is -2.59. The Morgan fingerprint density at radius 1 is 1.00 bits per heavy atom. The average molecular weight is 376 g/mol. The Morgan fingerprint density at radius 2 is 1.75 bits per heavy atom. The number of benzene rings is 2. The number of carbonyl (C=O) groups excluding carboxylic acids is 1. The molecule has 1 aliphatic rings. The highest BCUT2D eigenvalue weighted by atomic mass is 16.1. The largest absolute Gasteiger partial charge is 0.368 e. The van der Waals surface area contributed by atoms with E-state index in [1.807, 2.05) is 6.07 Å². The van der Waals surface area contributed by atoms with E-state index >= 15 is 0 Å². The normalized spacial score (nSPS) is 20.6. The van der Waals surface area contributed by atoms with E-state index in [0.29, 0.717) is 18.5 Å². The predicted octanol–water partition coefficient (Wildman–Crippen LogP) is 4.02. The van der Waals surface area contributed by atoms with Crippen LogP contribution in [0.3, 0.4) is 0 Å². The summed E-state index contributed by atoms with van der Waals surface area (Å²) in [5.74, 6) is 0. The van der Waals surface area contributed by atoms with Crippen molar-refractivity contribution in [2.24, 2.45) is 7.05 Å². The zero-order valence-corrected chi connectivity index (χ0v) is 17.0. The fraction of sp³-hybridized carbons (Fsp3) is 0.375. The summed E-state index contributed by atoms with van der Waals surface area (Å²) >= 11 is 0. The van der Waals surface area contributed by atoms with Crippen LogP contribution in [0.4, 0.5) is 5.69 Å². The smallest absolute Gasteiger partial charge is 0.124 e. The molecule has 0 saturated carbocycles. The van der Waals surface area contributed by atoms with E-state index < -0.39 is 0 Å². The van der Waals surface area contributed by atoms with Crippen LogP contribution in [-0.4, -0.2) is 40.9 Å². The number of anilines is 1. The Morgan fingerprint density at radius 3 is 2.50 bits per heavy atom. The van der Waals surface area contributed by atoms with Crippen LogP contribution in [0.5, 0.6) is 0 Å². The van der Waals surface area contributed by atoms with Crippen LogP contribution in [0.15, 0.2) is 54.7 Å². The van der Waals surface area contributed by atoms with Crippen LogP contribution in [0.1, 0.15) is 25.0 Å². The number of fused-ring (bicyclic) bond motifs is 1. The number of carbonyl (C=O) groups is 1. The van der Waals surface area contributed by atoms with Gasteiger partial charge in [0.1, 0.15) is 6.29 Å². The molecule has 2 aromatic carbocycles. The molecule has 0 amide bonds. The predicted molar refractivity (Wildman–Crippen MR) is 116 cm³/mol. The number of rotatable bonds is 5. The molecule has 2 heterocycles. The molecule has 0 bridgehead atoms. The van der Waals surface area contributed by atoms with Gasteiger partial charge in [-0.1, -0.05) is 24.3 Å². The highest BCUT2D eigenvalue weighted by Gasteiger charge is 2.29. The van der Waals surface area contributed by atoms with Gasteiger partial charge in [-0.3, -0.25) is 4.90 Å². The molecule has 146 valence electrons. The van der Waals surface area contributed by atoms with Gasteiger partial charge in [-0.25, -0.2) is 0 Å². The number of piperazine rings is 1. The van der Waals surface area contributed by atoms with E-state index in [0.717, 1.165) is 31.5 Å². The molecule has 28 heavy (non-hydrogen) atoms. The molecule has 4 nitrogen and oxygen atoms in total. The molecular formula is C24H29N3O. The maximum Gasteiger partial charge on any atom is 0.124 e. The molecule has 0 unspecified atom stereocenters. The number of aryl methyl sites for hydroxylation is 1. The van der Waals surface area contributed by atoms with E-state index in [2.05, 4.69) is 83.9 Å². The zero-order valence-electron chi connectivity index (χ0n) is 17.0. The van der Waals surface area contributed by atoms with Crippen molar-refractivity contribution < 1.29 is 4.79 Å². The van der Waals surface area contributed by atoms with E-state index in [4.69, 9.17) is 0 Å². The quantitative estimate of drug-likeness (QED) is 0.631. The fourth-order valence-electron chi connectivity index (χ4n) is 4.51. The standard InChI is InChI=1S/C24H29N3O/c1-18-15-26(23-7-8-24-22(14-23)9-11-25(24)3)16-19(2)27(18)17-21-6-4-5-20(13-21)10-12-28/h4-9,11-14,18-19H,10,15-17H2,1-3H3/t18-,19+. The minimum Gasteiger partial charge on any atom is -0.368 e. The summed E-state index contributed by atoms with van der Waals surface area (Å²) in [5, 5.41) is 1.30. The second-order valence-electron chi connectivity index (χ2n) is 8.14. The van der Waals surface area contributed by atoms with Crippen molar-refractivity contribution >= 4 is 22.9 Å². The van der Waals surface area contributed by atoms with Crippen molar-refractivity contribution in [3.63, 3.8) is 0 Å². The SMILES string of the molecule is C[C@@H]1CN(c2ccc3c(ccn3C)c2)C[C@H](C)N1Cc1cccc(CC=O)c1. The van der Waals surface area contributed by atoms with Crippen molar-refractivity contribution in [1.82, 2.24) is 9.47 Å². The first-order valence-corrected chi connectivity index (χ1v) is 10.1. The van der Waals surface area contributed by atoms with E-state index in [-0.39, 0.29) is 0 Å². The molecule has 4 rings (SSSR count). The van der Waals surface area contributed by atoms with Gasteiger partial charge in [-0.05, 0) is 49.2 Å². The third-order valence-electron chi connectivity index (χ3n) is 6.01. The summed E-state index contributed by atoms with van der Waals surface area (Å²) in [7, 11) is 2.09. The summed E-state index contributed by atoms with van der Waals surface area (Å²) in [5.41, 5.74) is 4.98. The van der Waals surface area contributed by atoms with Gasteiger partial charge in [0.2, 0.25) is 0 Å². The second kappa shape index (κ2) is 7.80. The summed E-state index contributed by atoms with van der Waals surface area (Å²) in [6.45, 7) is 7.62. The topological polar surface area (TPSA) is 28.5 Å². The highest BCUT2D eigenvalue weighted by Crippen LogP contribution is 2.27. The van der Waals surface area contributed by atoms with Crippen molar-refractivity contribution in [3.8, 4) is 0 Å². The lowest BCUT2D eigenvalue weighted by atomic mass is 10.0. The maximum absolute atomic E-state index is 10.8. The Balaban J connectivity index is 1.49. The summed E-state index contributed by atoms with van der Waals surface area (Å²) in [4.78, 5) is 15.9. The van der Waals surface area contributed by atoms with Crippen molar-refractivity contribution in [1.29, 1.82) is 0 Å². The maximum atomic E-state index is 10.8. The molecule has 1 aromatic heterocycles. The number of aldehydes is 1. The molecule has 3 aromatic rings. The Bertz CT molecular complexity index is 965. The minimum atomic E-state index is 0.463. The number of nitrogens with zero attached hydrogens (tertiary/aromatic N) is 3. The van der Waals surface area contributed by atoms with Crippen LogP contribution >= 0.6 is 0 Å². The Labute approximate surface area is 167 Å². The fourth-order valence-corrected chi connectivity index (χ4v) is 4.51. The van der Waals surface area contributed by atoms with Crippen LogP contribution in [0.25, 0.3) is 10.9 Å². The number of hydrogen-bond acceptors (Lipinski definition) is 3. The molecule has 0 N–H and O–H groups in total. The average Bonchev–Trinajstić information content (AvgIpc) is 3.05. The van der Waals surface area contributed by atoms with Gasteiger partial charge in [0.05, 0.1) is 0 Å². The third kappa shape index (κ3) is 3.69. The van der Waals surface area contributed by atoms with Gasteiger partial charge < -0.3 is 14.3 Å². The molecule has 1 aliphatic heterocycles. The highest BCUT2D eigenvalue weighted by molar-refractivity contribution is 5.84. The van der Waals surface area contributed by atoms with Gasteiger partial charge in [-0.2, -0.15) is 0 Å². The van der Waals surface area contributed by atoms with E-state index in [1.165, 1.54) is 22.2 Å². The lowest BCUT2D eigenvalue weighted by Gasteiger charge is -2.45. The summed E-state index contributed by atoms with van der Waals surface area (Å²) in [6, 6.07) is 18.3. The molecule has 0 radical (unpaired) electrons. The van der Waals surface area contributed by atoms with Gasteiger partial charge in [-0.15, -0.1) is 0 Å². The molecular weight excluding hydrogens is 346 g/mol. The van der Waals surface area contributed by atoms with Crippen LogP contribution < -0.4 is 4.90 Å². The first kappa shape index (κ1) is 18.8. The number of aromatic nitrogens is 1. The first-order valence-electron chi connectivity index (χ1n) is 10.1. The summed E-state index contributed by atoms with van der Waals surface area (Å²) < 4.78 is 2.17. The Kier molecular flexibility index (Phi) is 5.23. The van der Waals surface area contributed by atoms with Gasteiger partial charge >= 0.3 is 0 Å². The van der Waals surface area contributed by atoms with Gasteiger partial charge in [0, 0.05) is 68.0 Å². The van der Waals surface area contributed by atoms with Crippen molar-refractivity contribution in [3.05, 3.63) is 65.9 Å². The van der Waals surface area contributed by atoms with Gasteiger partial charge in [0.25, 0.3) is 0 Å². The lowest BCUT2D eigenvalue weighted by molar-refractivity contribution is -0.107. The van der Waals surface area contributed by atoms with E-state index in [1.54, 1.807) is 0 Å². The molecule has 0 aliphatic carbocycles. The second-order valence-corrected chi connectivity index (χ2v) is 8.14. The first-order chi connectivity index (χ1) is 13.5. The minimum absolute atomic E-state index is 0.463. The number of hydrogen-bond donors (Lipinski definition) is 0.